The van der Waals surface area contributed by atoms with Crippen molar-refractivity contribution < 1.29 is 9.84 Å². The number of pyridine rings is 1. The number of hydrogen-bond acceptors (Lipinski definition) is 4. The molecule has 5 rings (SSSR count). The summed E-state index contributed by atoms with van der Waals surface area (Å²) in [6.45, 7) is 3.49. The predicted octanol–water partition coefficient (Wildman–Crippen LogP) is 6.90. The van der Waals surface area contributed by atoms with Crippen LogP contribution in [0.4, 0.5) is 0 Å². The van der Waals surface area contributed by atoms with Crippen LogP contribution >= 0.6 is 15.9 Å². The number of likely N-dealkylation sites (tertiary alicyclic amines) is 1. The molecule has 2 heterocycles. The number of benzene rings is 3. The van der Waals surface area contributed by atoms with Crippen molar-refractivity contribution in [2.75, 3.05) is 26.7 Å². The molecule has 0 spiro atoms. The first kappa shape index (κ1) is 24.9. The number of methoxy groups -OCH3 is 1. The lowest BCUT2D eigenvalue weighted by Gasteiger charge is -2.38. The van der Waals surface area contributed by atoms with Crippen LogP contribution in [0.5, 0.6) is 5.88 Å². The molecule has 2 unspecified atom stereocenters. The molecule has 0 aliphatic carbocycles. The molecule has 4 aromatic rings. The van der Waals surface area contributed by atoms with Gasteiger partial charge in [-0.15, -0.1) is 0 Å². The summed E-state index contributed by atoms with van der Waals surface area (Å²) < 4.78 is 6.85. The first-order valence-electron chi connectivity index (χ1n) is 12.8. The smallest absolute Gasteiger partial charge is 0.217 e. The van der Waals surface area contributed by atoms with Gasteiger partial charge in [-0.3, -0.25) is 0 Å². The van der Waals surface area contributed by atoms with Crippen molar-refractivity contribution in [2.45, 2.75) is 37.2 Å². The number of hydrogen-bond donors (Lipinski definition) is 1. The van der Waals surface area contributed by atoms with Crippen molar-refractivity contribution >= 4 is 26.8 Å². The summed E-state index contributed by atoms with van der Waals surface area (Å²) in [5.41, 5.74) is 2.58. The monoisotopic (exact) mass is 544 g/mol. The quantitative estimate of drug-likeness (QED) is 0.220. The van der Waals surface area contributed by atoms with Gasteiger partial charge in [-0.05, 0) is 80.7 Å². The number of rotatable bonds is 10. The number of unbranched alkanes of at least 4 members (excludes halogenated alkanes) is 1. The van der Waals surface area contributed by atoms with E-state index in [1.807, 2.05) is 60.7 Å². The van der Waals surface area contributed by atoms with Gasteiger partial charge in [-0.25, -0.2) is 4.98 Å². The molecular weight excluding hydrogens is 512 g/mol. The van der Waals surface area contributed by atoms with E-state index in [1.54, 1.807) is 7.11 Å². The third kappa shape index (κ3) is 5.19. The second-order valence-electron chi connectivity index (χ2n) is 9.71. The molecule has 186 valence electrons. The fraction of sp³-hybridized carbons (Fsp3) is 0.323. The van der Waals surface area contributed by atoms with Crippen molar-refractivity contribution in [1.82, 2.24) is 9.88 Å². The zero-order valence-electron chi connectivity index (χ0n) is 20.7. The highest BCUT2D eigenvalue weighted by molar-refractivity contribution is 9.10. The molecule has 1 N–H and O–H groups in total. The average molecular weight is 546 g/mol. The van der Waals surface area contributed by atoms with E-state index in [2.05, 4.69) is 45.1 Å². The standard InChI is InChI=1S/C31H33BrN2O2/c1-36-30-27(22-24-21-26(32)15-16-28(24)33-30)29(23-11-4-2-5-12-23)31(35,25-13-6-3-7-14-25)17-8-9-18-34-19-10-20-34/h2-7,11-16,21-22,29,35H,8-10,17-20H2,1H3. The maximum atomic E-state index is 12.7. The number of fused-ring (bicyclic) bond motifs is 1. The Morgan fingerprint density at radius 3 is 2.36 bits per heavy atom. The lowest BCUT2D eigenvalue weighted by atomic mass is 9.71. The predicted molar refractivity (Wildman–Crippen MR) is 150 cm³/mol. The largest absolute Gasteiger partial charge is 0.481 e. The Hall–Kier alpha value is -2.73. The number of ether oxygens (including phenoxy) is 1. The zero-order valence-corrected chi connectivity index (χ0v) is 22.3. The molecule has 0 radical (unpaired) electrons. The lowest BCUT2D eigenvalue weighted by molar-refractivity contribution is 0.00613. The Kier molecular flexibility index (Phi) is 7.70. The molecule has 1 aliphatic heterocycles. The number of halogens is 1. The summed E-state index contributed by atoms with van der Waals surface area (Å²) in [5.74, 6) is 0.199. The van der Waals surface area contributed by atoms with Gasteiger partial charge in [0, 0.05) is 21.3 Å². The Bertz CT molecular complexity index is 1290. The molecule has 36 heavy (non-hydrogen) atoms. The molecule has 0 saturated carbocycles. The maximum absolute atomic E-state index is 12.7. The normalized spacial score (nSPS) is 16.3. The molecule has 0 bridgehead atoms. The van der Waals surface area contributed by atoms with Crippen molar-refractivity contribution in [2.24, 2.45) is 0 Å². The van der Waals surface area contributed by atoms with E-state index >= 15 is 0 Å². The summed E-state index contributed by atoms with van der Waals surface area (Å²) in [7, 11) is 1.66. The Morgan fingerprint density at radius 2 is 1.69 bits per heavy atom. The molecule has 2 atom stereocenters. The fourth-order valence-corrected chi connectivity index (χ4v) is 5.77. The number of aliphatic hydroxyl groups is 1. The number of nitrogens with zero attached hydrogens (tertiary/aromatic N) is 2. The second-order valence-corrected chi connectivity index (χ2v) is 10.6. The highest BCUT2D eigenvalue weighted by Crippen LogP contribution is 2.48. The van der Waals surface area contributed by atoms with Crippen molar-refractivity contribution in [1.29, 1.82) is 0 Å². The van der Waals surface area contributed by atoms with E-state index in [0.29, 0.717) is 12.3 Å². The van der Waals surface area contributed by atoms with Crippen LogP contribution in [-0.4, -0.2) is 41.7 Å². The van der Waals surface area contributed by atoms with E-state index in [9.17, 15) is 5.11 Å². The second kappa shape index (κ2) is 11.1. The van der Waals surface area contributed by atoms with Gasteiger partial charge < -0.3 is 14.7 Å². The zero-order chi connectivity index (χ0) is 25.0. The van der Waals surface area contributed by atoms with Crippen LogP contribution in [0.15, 0.2) is 89.4 Å². The van der Waals surface area contributed by atoms with E-state index in [4.69, 9.17) is 9.72 Å². The van der Waals surface area contributed by atoms with Crippen molar-refractivity contribution in [3.05, 3.63) is 106 Å². The molecule has 1 fully saturated rings. The van der Waals surface area contributed by atoms with Crippen molar-refractivity contribution in [3.63, 3.8) is 0 Å². The molecule has 5 heteroatoms. The maximum Gasteiger partial charge on any atom is 0.217 e. The fourth-order valence-electron chi connectivity index (χ4n) is 5.39. The highest BCUT2D eigenvalue weighted by Gasteiger charge is 2.42. The molecule has 4 nitrogen and oxygen atoms in total. The number of aromatic nitrogens is 1. The lowest BCUT2D eigenvalue weighted by Crippen LogP contribution is -2.38. The Morgan fingerprint density at radius 1 is 0.972 bits per heavy atom. The van der Waals surface area contributed by atoms with E-state index < -0.39 is 5.60 Å². The summed E-state index contributed by atoms with van der Waals surface area (Å²) in [5, 5.41) is 13.7. The van der Waals surface area contributed by atoms with Gasteiger partial charge in [0.1, 0.15) is 5.60 Å². The first-order chi connectivity index (χ1) is 17.6. The molecule has 1 aromatic heterocycles. The van der Waals surface area contributed by atoms with Crippen LogP contribution in [0, 0.1) is 0 Å². The summed E-state index contributed by atoms with van der Waals surface area (Å²) in [4.78, 5) is 7.36. The highest BCUT2D eigenvalue weighted by atomic mass is 79.9. The molecule has 3 aromatic carbocycles. The summed E-state index contributed by atoms with van der Waals surface area (Å²) >= 11 is 3.60. The molecule has 0 amide bonds. The van der Waals surface area contributed by atoms with Crippen LogP contribution < -0.4 is 4.74 Å². The third-order valence-corrected chi connectivity index (χ3v) is 7.88. The van der Waals surface area contributed by atoms with Crippen LogP contribution in [0.25, 0.3) is 10.9 Å². The van der Waals surface area contributed by atoms with Gasteiger partial charge in [0.25, 0.3) is 0 Å². The Balaban J connectivity index is 1.63. The van der Waals surface area contributed by atoms with Gasteiger partial charge in [-0.1, -0.05) is 76.6 Å². The van der Waals surface area contributed by atoms with Gasteiger partial charge in [-0.2, -0.15) is 0 Å². The van der Waals surface area contributed by atoms with Gasteiger partial charge >= 0.3 is 0 Å². The summed E-state index contributed by atoms with van der Waals surface area (Å²) in [6.07, 6.45) is 3.94. The van der Waals surface area contributed by atoms with Crippen LogP contribution in [0.1, 0.15) is 48.3 Å². The SMILES string of the molecule is COc1nc2ccc(Br)cc2cc1C(c1ccccc1)C(O)(CCCCN1CCC1)c1ccccc1. The van der Waals surface area contributed by atoms with Crippen LogP contribution in [-0.2, 0) is 5.60 Å². The molecular formula is C31H33BrN2O2. The summed E-state index contributed by atoms with van der Waals surface area (Å²) in [6, 6.07) is 28.6. The van der Waals surface area contributed by atoms with Gasteiger partial charge in [0.05, 0.1) is 12.6 Å². The molecule has 1 saturated heterocycles. The van der Waals surface area contributed by atoms with Gasteiger partial charge in [0.15, 0.2) is 0 Å². The minimum atomic E-state index is -1.13. The topological polar surface area (TPSA) is 45.6 Å². The third-order valence-electron chi connectivity index (χ3n) is 7.39. The van der Waals surface area contributed by atoms with Crippen LogP contribution in [0.2, 0.25) is 0 Å². The van der Waals surface area contributed by atoms with Crippen LogP contribution in [0.3, 0.4) is 0 Å². The van der Waals surface area contributed by atoms with E-state index in [0.717, 1.165) is 51.5 Å². The molecule has 1 aliphatic rings. The Labute approximate surface area is 222 Å². The minimum absolute atomic E-state index is 0.351. The minimum Gasteiger partial charge on any atom is -0.481 e. The first-order valence-corrected chi connectivity index (χ1v) is 13.6. The van der Waals surface area contributed by atoms with Crippen molar-refractivity contribution in [3.8, 4) is 5.88 Å². The van der Waals surface area contributed by atoms with E-state index in [1.165, 1.54) is 19.5 Å². The van der Waals surface area contributed by atoms with Gasteiger partial charge in [0.2, 0.25) is 5.88 Å². The average Bonchev–Trinajstić information content (AvgIpc) is 2.88. The van der Waals surface area contributed by atoms with E-state index in [-0.39, 0.29) is 5.92 Å².